The number of rotatable bonds is 5. The van der Waals surface area contributed by atoms with Crippen LogP contribution in [0.3, 0.4) is 0 Å². The van der Waals surface area contributed by atoms with E-state index in [2.05, 4.69) is 5.32 Å². The Bertz CT molecular complexity index is 576. The highest BCUT2D eigenvalue weighted by Crippen LogP contribution is 2.44. The lowest BCUT2D eigenvalue weighted by atomic mass is 9.85. The minimum Gasteiger partial charge on any atom is -0.464 e. The van der Waals surface area contributed by atoms with Gasteiger partial charge in [0.25, 0.3) is 0 Å². The molecule has 0 aliphatic carbocycles. The SMILES string of the molecule is CCOC(=O)[C@@]12CC[C@@H](O1)[C@@H](NC(=O)OCc1ccccc1)C2. The van der Waals surface area contributed by atoms with Crippen molar-refractivity contribution >= 4 is 12.1 Å². The lowest BCUT2D eigenvalue weighted by Gasteiger charge is -2.25. The minimum absolute atomic E-state index is 0.149. The molecule has 124 valence electrons. The Morgan fingerprint density at radius 2 is 2.09 bits per heavy atom. The third-order valence-corrected chi connectivity index (χ3v) is 4.37. The Labute approximate surface area is 135 Å². The Morgan fingerprint density at radius 3 is 2.83 bits per heavy atom. The minimum atomic E-state index is -0.891. The molecule has 2 aliphatic rings. The van der Waals surface area contributed by atoms with Gasteiger partial charge >= 0.3 is 12.1 Å². The Balaban J connectivity index is 1.51. The monoisotopic (exact) mass is 319 g/mol. The van der Waals surface area contributed by atoms with E-state index in [1.807, 2.05) is 30.3 Å². The molecule has 3 rings (SSSR count). The summed E-state index contributed by atoms with van der Waals surface area (Å²) < 4.78 is 16.1. The summed E-state index contributed by atoms with van der Waals surface area (Å²) in [6, 6.07) is 9.27. The van der Waals surface area contributed by atoms with Gasteiger partial charge in [-0.1, -0.05) is 30.3 Å². The number of nitrogens with one attached hydrogen (secondary N) is 1. The zero-order valence-corrected chi connectivity index (χ0v) is 13.1. The number of benzene rings is 1. The van der Waals surface area contributed by atoms with E-state index in [-0.39, 0.29) is 24.7 Å². The molecule has 1 aromatic rings. The van der Waals surface area contributed by atoms with Crippen LogP contribution in [0.2, 0.25) is 0 Å². The molecule has 0 unspecified atom stereocenters. The summed E-state index contributed by atoms with van der Waals surface area (Å²) in [6.45, 7) is 2.31. The lowest BCUT2D eigenvalue weighted by molar-refractivity contribution is -0.164. The number of esters is 1. The predicted octanol–water partition coefficient (Wildman–Crippen LogP) is 2.17. The molecule has 2 aliphatic heterocycles. The lowest BCUT2D eigenvalue weighted by Crippen LogP contribution is -2.45. The molecule has 2 heterocycles. The maximum atomic E-state index is 12.1. The van der Waals surface area contributed by atoms with E-state index in [0.717, 1.165) is 12.0 Å². The van der Waals surface area contributed by atoms with Crippen LogP contribution in [0.4, 0.5) is 4.79 Å². The fourth-order valence-corrected chi connectivity index (χ4v) is 3.26. The van der Waals surface area contributed by atoms with E-state index in [9.17, 15) is 9.59 Å². The van der Waals surface area contributed by atoms with Gasteiger partial charge in [-0.05, 0) is 25.3 Å². The van der Waals surface area contributed by atoms with Gasteiger partial charge in [0.2, 0.25) is 0 Å². The molecule has 0 aromatic heterocycles. The molecule has 2 saturated heterocycles. The van der Waals surface area contributed by atoms with Gasteiger partial charge in [-0.3, -0.25) is 0 Å². The summed E-state index contributed by atoms with van der Waals surface area (Å²) in [7, 11) is 0. The summed E-state index contributed by atoms with van der Waals surface area (Å²) >= 11 is 0. The number of carbonyl (C=O) groups excluding carboxylic acids is 2. The van der Waals surface area contributed by atoms with Crippen molar-refractivity contribution in [3.8, 4) is 0 Å². The van der Waals surface area contributed by atoms with Gasteiger partial charge in [-0.25, -0.2) is 9.59 Å². The Kier molecular flexibility index (Phi) is 4.52. The van der Waals surface area contributed by atoms with Crippen molar-refractivity contribution in [2.45, 2.75) is 50.5 Å². The van der Waals surface area contributed by atoms with Crippen LogP contribution in [0, 0.1) is 0 Å². The first-order chi connectivity index (χ1) is 11.1. The highest BCUT2D eigenvalue weighted by molar-refractivity contribution is 5.81. The molecule has 0 spiro atoms. The summed E-state index contributed by atoms with van der Waals surface area (Å²) in [6.07, 6.45) is 1.19. The first kappa shape index (κ1) is 15.8. The largest absolute Gasteiger partial charge is 0.464 e. The quantitative estimate of drug-likeness (QED) is 0.842. The summed E-state index contributed by atoms with van der Waals surface area (Å²) in [5.41, 5.74) is 0.0350. The fraction of sp³-hybridized carbons (Fsp3) is 0.529. The first-order valence-electron chi connectivity index (χ1n) is 7.95. The number of amides is 1. The van der Waals surface area contributed by atoms with Crippen molar-refractivity contribution in [3.63, 3.8) is 0 Å². The van der Waals surface area contributed by atoms with Gasteiger partial charge in [0, 0.05) is 6.42 Å². The zero-order valence-electron chi connectivity index (χ0n) is 13.1. The van der Waals surface area contributed by atoms with Crippen molar-refractivity contribution in [1.29, 1.82) is 0 Å². The smallest absolute Gasteiger partial charge is 0.407 e. The van der Waals surface area contributed by atoms with Crippen molar-refractivity contribution < 1.29 is 23.8 Å². The van der Waals surface area contributed by atoms with Gasteiger partial charge in [0.1, 0.15) is 6.61 Å². The van der Waals surface area contributed by atoms with Gasteiger partial charge in [-0.2, -0.15) is 0 Å². The van der Waals surface area contributed by atoms with Crippen LogP contribution < -0.4 is 5.32 Å². The average molecular weight is 319 g/mol. The van der Waals surface area contributed by atoms with Crippen LogP contribution in [0.15, 0.2) is 30.3 Å². The summed E-state index contributed by atoms with van der Waals surface area (Å²) in [4.78, 5) is 24.0. The number of ether oxygens (including phenoxy) is 3. The molecule has 2 bridgehead atoms. The number of fused-ring (bicyclic) bond motifs is 2. The van der Waals surface area contributed by atoms with E-state index >= 15 is 0 Å². The topological polar surface area (TPSA) is 73.9 Å². The Hall–Kier alpha value is -2.08. The highest BCUT2D eigenvalue weighted by atomic mass is 16.6. The molecular formula is C17H21NO5. The number of carbonyl (C=O) groups is 2. The molecule has 0 radical (unpaired) electrons. The first-order valence-corrected chi connectivity index (χ1v) is 7.95. The summed E-state index contributed by atoms with van der Waals surface area (Å²) in [5, 5.41) is 2.81. The maximum absolute atomic E-state index is 12.1. The van der Waals surface area contributed by atoms with Gasteiger partial charge in [-0.15, -0.1) is 0 Å². The van der Waals surface area contributed by atoms with Gasteiger partial charge in [0.05, 0.1) is 18.8 Å². The molecule has 6 heteroatoms. The molecule has 3 atom stereocenters. The van der Waals surface area contributed by atoms with Crippen LogP contribution in [-0.2, 0) is 25.6 Å². The van der Waals surface area contributed by atoms with Gasteiger partial charge < -0.3 is 19.5 Å². The number of hydrogen-bond donors (Lipinski definition) is 1. The summed E-state index contributed by atoms with van der Waals surface area (Å²) in [5.74, 6) is -0.329. The molecule has 1 N–H and O–H groups in total. The van der Waals surface area contributed by atoms with E-state index in [1.165, 1.54) is 0 Å². The fourth-order valence-electron chi connectivity index (χ4n) is 3.26. The number of hydrogen-bond acceptors (Lipinski definition) is 5. The van der Waals surface area contributed by atoms with Crippen molar-refractivity contribution in [3.05, 3.63) is 35.9 Å². The van der Waals surface area contributed by atoms with E-state index in [0.29, 0.717) is 19.4 Å². The molecule has 6 nitrogen and oxygen atoms in total. The van der Waals surface area contributed by atoms with E-state index in [1.54, 1.807) is 6.92 Å². The second-order valence-corrected chi connectivity index (χ2v) is 5.93. The Morgan fingerprint density at radius 1 is 1.30 bits per heavy atom. The van der Waals surface area contributed by atoms with Crippen LogP contribution in [0.25, 0.3) is 0 Å². The average Bonchev–Trinajstić information content (AvgIpc) is 3.14. The third-order valence-electron chi connectivity index (χ3n) is 4.37. The normalized spacial score (nSPS) is 28.4. The molecule has 1 aromatic carbocycles. The highest BCUT2D eigenvalue weighted by Gasteiger charge is 2.58. The van der Waals surface area contributed by atoms with Crippen LogP contribution in [-0.4, -0.2) is 36.4 Å². The van der Waals surface area contributed by atoms with Gasteiger partial charge in [0.15, 0.2) is 5.60 Å². The zero-order chi connectivity index (χ0) is 16.3. The second kappa shape index (κ2) is 6.58. The van der Waals surface area contributed by atoms with Crippen LogP contribution >= 0.6 is 0 Å². The maximum Gasteiger partial charge on any atom is 0.407 e. The van der Waals surface area contributed by atoms with E-state index < -0.39 is 11.7 Å². The standard InChI is InChI=1S/C17H21NO5/c1-2-21-15(19)17-9-8-14(23-17)13(10-17)18-16(20)22-11-12-6-4-3-5-7-12/h3-7,13-14H,2,8-11H2,1H3,(H,18,20)/t13-,14+,17-/m0/s1. The van der Waals surface area contributed by atoms with Crippen molar-refractivity contribution in [2.75, 3.05) is 6.61 Å². The third kappa shape index (κ3) is 3.32. The molecule has 2 fully saturated rings. The van der Waals surface area contributed by atoms with Crippen LogP contribution in [0.5, 0.6) is 0 Å². The van der Waals surface area contributed by atoms with Crippen molar-refractivity contribution in [2.24, 2.45) is 0 Å². The van der Waals surface area contributed by atoms with E-state index in [4.69, 9.17) is 14.2 Å². The van der Waals surface area contributed by atoms with Crippen molar-refractivity contribution in [1.82, 2.24) is 5.32 Å². The molecule has 23 heavy (non-hydrogen) atoms. The number of alkyl carbamates (subject to hydrolysis) is 1. The molecule has 1 amide bonds. The van der Waals surface area contributed by atoms with Crippen LogP contribution in [0.1, 0.15) is 31.7 Å². The second-order valence-electron chi connectivity index (χ2n) is 5.93. The molecular weight excluding hydrogens is 298 g/mol. The predicted molar refractivity (Wildman–Crippen MR) is 81.6 cm³/mol. The molecule has 0 saturated carbocycles.